The lowest BCUT2D eigenvalue weighted by atomic mass is 9.91. The third kappa shape index (κ3) is 5.80. The van der Waals surface area contributed by atoms with Crippen LogP contribution in [0.3, 0.4) is 0 Å². The van der Waals surface area contributed by atoms with Gasteiger partial charge in [-0.05, 0) is 55.3 Å². The van der Waals surface area contributed by atoms with Gasteiger partial charge in [0.25, 0.3) is 10.0 Å². The Morgan fingerprint density at radius 3 is 2.10 bits per heavy atom. The van der Waals surface area contributed by atoms with Crippen LogP contribution in [0.4, 0.5) is 18.9 Å². The number of benzene rings is 4. The maximum Gasteiger partial charge on any atom is 0.419 e. The predicted octanol–water partition coefficient (Wildman–Crippen LogP) is 7.81. The van der Waals surface area contributed by atoms with E-state index in [9.17, 15) is 36.9 Å². The molecule has 4 aromatic rings. The maximum absolute atomic E-state index is 13.3. The number of nitrogens with one attached hydrogen (secondary N) is 1. The Hall–Kier alpha value is -4.18. The van der Waals surface area contributed by atoms with Crippen LogP contribution in [0.15, 0.2) is 71.6 Å². The van der Waals surface area contributed by atoms with Crippen molar-refractivity contribution in [2.45, 2.75) is 38.8 Å². The van der Waals surface area contributed by atoms with Crippen LogP contribution in [0.25, 0.3) is 28.0 Å². The van der Waals surface area contributed by atoms with Gasteiger partial charge in [-0.25, -0.2) is 8.42 Å². The van der Waals surface area contributed by atoms with Crippen LogP contribution in [0.5, 0.6) is 17.2 Å². The van der Waals surface area contributed by atoms with Crippen molar-refractivity contribution in [2.75, 3.05) is 4.72 Å². The van der Waals surface area contributed by atoms with Crippen molar-refractivity contribution in [3.8, 4) is 28.4 Å². The average Bonchev–Trinajstić information content (AvgIpc) is 2.89. The number of phenols is 3. The molecule has 0 bridgehead atoms. The average molecular weight is 560 g/mol. The Morgan fingerprint density at radius 2 is 1.49 bits per heavy atom. The van der Waals surface area contributed by atoms with E-state index in [1.54, 1.807) is 43.3 Å². The van der Waals surface area contributed by atoms with Gasteiger partial charge < -0.3 is 15.3 Å². The summed E-state index contributed by atoms with van der Waals surface area (Å²) in [6.45, 7) is 7.59. The highest BCUT2D eigenvalue weighted by Crippen LogP contribution is 2.46. The van der Waals surface area contributed by atoms with E-state index in [1.807, 2.05) is 20.8 Å². The van der Waals surface area contributed by atoms with Gasteiger partial charge in [0.05, 0.1) is 16.1 Å². The second kappa shape index (κ2) is 11.3. The lowest BCUT2D eigenvalue weighted by Crippen LogP contribution is -2.15. The Morgan fingerprint density at radius 1 is 0.872 bits per heavy atom. The van der Waals surface area contributed by atoms with Gasteiger partial charge in [0.1, 0.15) is 17.2 Å². The molecule has 0 atom stereocenters. The highest BCUT2D eigenvalue weighted by molar-refractivity contribution is 7.92. The molecule has 10 heteroatoms. The van der Waals surface area contributed by atoms with Crippen molar-refractivity contribution >= 4 is 32.6 Å². The molecule has 4 rings (SSSR count). The fourth-order valence-electron chi connectivity index (χ4n) is 4.12. The van der Waals surface area contributed by atoms with Crippen LogP contribution < -0.4 is 4.72 Å². The molecule has 0 aliphatic rings. The van der Waals surface area contributed by atoms with E-state index >= 15 is 0 Å². The molecular formula is C29H28F3NO5S. The van der Waals surface area contributed by atoms with E-state index < -0.39 is 32.4 Å². The monoisotopic (exact) mass is 559 g/mol. The topological polar surface area (TPSA) is 107 Å². The SMILES string of the molecule is C/C=C\c1c(C)ccc(O)c1-c1cc(NS(=O)(=O)c2ccc(O)c(C(F)(F)F)c2)c2ccccc2c1O.CC. The molecule has 4 aromatic carbocycles. The van der Waals surface area contributed by atoms with Crippen molar-refractivity contribution in [1.82, 2.24) is 0 Å². The number of alkyl halides is 3. The normalized spacial score (nSPS) is 11.9. The van der Waals surface area contributed by atoms with Gasteiger partial charge in [-0.1, -0.05) is 56.3 Å². The summed E-state index contributed by atoms with van der Waals surface area (Å²) in [5, 5.41) is 32.0. The molecule has 4 N–H and O–H groups in total. The number of sulfonamides is 1. The van der Waals surface area contributed by atoms with Gasteiger partial charge in [0.2, 0.25) is 0 Å². The molecular weight excluding hydrogens is 531 g/mol. The minimum Gasteiger partial charge on any atom is -0.507 e. The van der Waals surface area contributed by atoms with Gasteiger partial charge in [0, 0.05) is 21.9 Å². The zero-order valence-corrected chi connectivity index (χ0v) is 22.4. The standard InChI is InChI=1S/C27H22F3NO5S.C2H6/c1-3-6-17-15(2)9-11-24(33)25(17)20-14-22(18-7-4-5-8-19(18)26(20)34)31-37(35,36)16-10-12-23(32)21(13-16)27(28,29)30;1-2/h3-14,31-34H,1-2H3;1-2H3/b6-3-;. The van der Waals surface area contributed by atoms with E-state index in [4.69, 9.17) is 0 Å². The minimum absolute atomic E-state index is 0.0302. The molecule has 0 amide bonds. The second-order valence-electron chi connectivity index (χ2n) is 8.34. The second-order valence-corrected chi connectivity index (χ2v) is 10.0. The summed E-state index contributed by atoms with van der Waals surface area (Å²) < 4.78 is 68.5. The lowest BCUT2D eigenvalue weighted by Gasteiger charge is -2.18. The van der Waals surface area contributed by atoms with Crippen molar-refractivity contribution in [1.29, 1.82) is 0 Å². The van der Waals surface area contributed by atoms with E-state index in [0.717, 1.165) is 11.6 Å². The molecule has 0 radical (unpaired) electrons. The highest BCUT2D eigenvalue weighted by atomic mass is 32.2. The fourth-order valence-corrected chi connectivity index (χ4v) is 5.22. The number of rotatable bonds is 5. The van der Waals surface area contributed by atoms with Crippen LogP contribution >= 0.6 is 0 Å². The molecule has 0 heterocycles. The summed E-state index contributed by atoms with van der Waals surface area (Å²) in [6.07, 6.45) is -1.49. The predicted molar refractivity (Wildman–Crippen MR) is 147 cm³/mol. The molecule has 0 spiro atoms. The first-order valence-corrected chi connectivity index (χ1v) is 13.5. The Bertz CT molecular complexity index is 1660. The van der Waals surface area contributed by atoms with Crippen molar-refractivity contribution < 1.29 is 36.9 Å². The van der Waals surface area contributed by atoms with Crippen LogP contribution in [-0.2, 0) is 16.2 Å². The first-order valence-electron chi connectivity index (χ1n) is 12.0. The van der Waals surface area contributed by atoms with Gasteiger partial charge in [0.15, 0.2) is 0 Å². The quantitative estimate of drug-likeness (QED) is 0.187. The van der Waals surface area contributed by atoms with Crippen LogP contribution in [0.1, 0.15) is 37.5 Å². The van der Waals surface area contributed by atoms with Gasteiger partial charge >= 0.3 is 6.18 Å². The summed E-state index contributed by atoms with van der Waals surface area (Å²) >= 11 is 0. The number of halogens is 3. The number of fused-ring (bicyclic) bond motifs is 1. The lowest BCUT2D eigenvalue weighted by molar-refractivity contribution is -0.138. The molecule has 39 heavy (non-hydrogen) atoms. The zero-order chi connectivity index (χ0) is 29.1. The smallest absolute Gasteiger partial charge is 0.419 e. The number of allylic oxidation sites excluding steroid dienone is 1. The maximum atomic E-state index is 13.3. The first kappa shape index (κ1) is 29.4. The van der Waals surface area contributed by atoms with E-state index in [2.05, 4.69) is 4.72 Å². The number of hydrogen-bond donors (Lipinski definition) is 4. The third-order valence-corrected chi connectivity index (χ3v) is 7.25. The van der Waals surface area contributed by atoms with Gasteiger partial charge in [-0.3, -0.25) is 4.72 Å². The minimum atomic E-state index is -4.97. The zero-order valence-electron chi connectivity index (χ0n) is 21.6. The molecule has 0 aromatic heterocycles. The molecule has 0 saturated carbocycles. The number of aromatic hydroxyl groups is 3. The number of anilines is 1. The molecule has 0 unspecified atom stereocenters. The Labute approximate surface area is 224 Å². The van der Waals surface area contributed by atoms with Crippen LogP contribution in [-0.4, -0.2) is 23.7 Å². The largest absolute Gasteiger partial charge is 0.507 e. The molecule has 0 aliphatic carbocycles. The summed E-state index contributed by atoms with van der Waals surface area (Å²) in [7, 11) is -4.57. The molecule has 6 nitrogen and oxygen atoms in total. The van der Waals surface area contributed by atoms with E-state index in [-0.39, 0.29) is 39.1 Å². The van der Waals surface area contributed by atoms with Crippen LogP contribution in [0, 0.1) is 6.92 Å². The van der Waals surface area contributed by atoms with E-state index in [0.29, 0.717) is 17.7 Å². The van der Waals surface area contributed by atoms with Crippen molar-refractivity contribution in [2.24, 2.45) is 0 Å². The van der Waals surface area contributed by atoms with Gasteiger partial charge in [-0.15, -0.1) is 0 Å². The molecule has 0 aliphatic heterocycles. The Kier molecular flexibility index (Phi) is 8.50. The van der Waals surface area contributed by atoms with Gasteiger partial charge in [-0.2, -0.15) is 13.2 Å². The molecule has 206 valence electrons. The highest BCUT2D eigenvalue weighted by Gasteiger charge is 2.35. The first-order chi connectivity index (χ1) is 18.3. The van der Waals surface area contributed by atoms with Crippen LogP contribution in [0.2, 0.25) is 0 Å². The molecule has 0 saturated heterocycles. The summed E-state index contributed by atoms with van der Waals surface area (Å²) in [4.78, 5) is -0.718. The molecule has 0 fully saturated rings. The third-order valence-electron chi connectivity index (χ3n) is 5.89. The summed E-state index contributed by atoms with van der Waals surface area (Å²) in [5.74, 6) is -1.48. The van der Waals surface area contributed by atoms with Crippen molar-refractivity contribution in [3.63, 3.8) is 0 Å². The number of phenolic OH excluding ortho intramolecular Hbond substituents is 3. The number of aryl methyl sites for hydroxylation is 1. The summed E-state index contributed by atoms with van der Waals surface area (Å²) in [6, 6.07) is 12.6. The van der Waals surface area contributed by atoms with E-state index in [1.165, 1.54) is 18.2 Å². The summed E-state index contributed by atoms with van der Waals surface area (Å²) in [5.41, 5.74) is 0.224. The Balaban J connectivity index is 0.00000205. The van der Waals surface area contributed by atoms with Crippen molar-refractivity contribution in [3.05, 3.63) is 83.4 Å². The number of hydrogen-bond acceptors (Lipinski definition) is 5. The fraction of sp³-hybridized carbons (Fsp3) is 0.172.